The second-order valence-corrected chi connectivity index (χ2v) is 3.24. The number of hydrogen-bond acceptors (Lipinski definition) is 5. The number of nitro benzene ring substituents is 1. The van der Waals surface area contributed by atoms with Crippen molar-refractivity contribution < 1.29 is 14.5 Å². The molecule has 1 unspecified atom stereocenters. The molecule has 0 aliphatic heterocycles. The van der Waals surface area contributed by atoms with Gasteiger partial charge in [-0.25, -0.2) is 0 Å². The SMILES string of the molecule is COC(=O)CC(N)c1cccc([N+](=O)[O-])c1.Cl. The molecule has 0 saturated carbocycles. The number of nitrogens with two attached hydrogens (primary N) is 1. The van der Waals surface area contributed by atoms with Crippen molar-refractivity contribution in [3.05, 3.63) is 39.9 Å². The molecule has 1 atom stereocenters. The fraction of sp³-hybridized carbons (Fsp3) is 0.300. The van der Waals surface area contributed by atoms with Crippen molar-refractivity contribution >= 4 is 24.1 Å². The summed E-state index contributed by atoms with van der Waals surface area (Å²) in [6.45, 7) is 0. The highest BCUT2D eigenvalue weighted by Gasteiger charge is 2.14. The molecule has 94 valence electrons. The van der Waals surface area contributed by atoms with Crippen LogP contribution in [0.2, 0.25) is 0 Å². The van der Waals surface area contributed by atoms with Crippen LogP contribution in [0.25, 0.3) is 0 Å². The van der Waals surface area contributed by atoms with E-state index in [0.29, 0.717) is 5.56 Å². The quantitative estimate of drug-likeness (QED) is 0.504. The number of halogens is 1. The number of ether oxygens (including phenoxy) is 1. The van der Waals surface area contributed by atoms with E-state index in [0.717, 1.165) is 0 Å². The van der Waals surface area contributed by atoms with Gasteiger partial charge in [0.25, 0.3) is 5.69 Å². The first-order valence-electron chi connectivity index (χ1n) is 4.61. The van der Waals surface area contributed by atoms with Crippen molar-refractivity contribution in [3.8, 4) is 0 Å². The number of non-ortho nitro benzene ring substituents is 1. The van der Waals surface area contributed by atoms with Gasteiger partial charge in [0.15, 0.2) is 0 Å². The molecule has 0 heterocycles. The topological polar surface area (TPSA) is 95.5 Å². The number of methoxy groups -OCH3 is 1. The predicted molar refractivity (Wildman–Crippen MR) is 63.9 cm³/mol. The second-order valence-electron chi connectivity index (χ2n) is 3.24. The zero-order chi connectivity index (χ0) is 12.1. The Morgan fingerprint density at radius 3 is 2.76 bits per heavy atom. The minimum absolute atomic E-state index is 0. The number of rotatable bonds is 4. The lowest BCUT2D eigenvalue weighted by Crippen LogP contribution is -2.16. The predicted octanol–water partition coefficient (Wildman–Crippen LogP) is 1.58. The van der Waals surface area contributed by atoms with Crippen LogP contribution in [-0.2, 0) is 9.53 Å². The van der Waals surface area contributed by atoms with Gasteiger partial charge in [0.2, 0.25) is 0 Å². The van der Waals surface area contributed by atoms with Gasteiger partial charge in [-0.2, -0.15) is 0 Å². The van der Waals surface area contributed by atoms with E-state index in [-0.39, 0.29) is 24.5 Å². The van der Waals surface area contributed by atoms with Gasteiger partial charge in [-0.3, -0.25) is 14.9 Å². The van der Waals surface area contributed by atoms with E-state index >= 15 is 0 Å². The molecule has 6 nitrogen and oxygen atoms in total. The van der Waals surface area contributed by atoms with Crippen LogP contribution in [0.1, 0.15) is 18.0 Å². The molecule has 0 fully saturated rings. The summed E-state index contributed by atoms with van der Waals surface area (Å²) >= 11 is 0. The highest BCUT2D eigenvalue weighted by atomic mass is 35.5. The van der Waals surface area contributed by atoms with Crippen LogP contribution in [0, 0.1) is 10.1 Å². The van der Waals surface area contributed by atoms with Crippen molar-refractivity contribution in [3.63, 3.8) is 0 Å². The number of carbonyl (C=O) groups excluding carboxylic acids is 1. The minimum Gasteiger partial charge on any atom is -0.469 e. The first kappa shape index (κ1) is 15.3. The maximum absolute atomic E-state index is 11.0. The molecule has 7 heteroatoms. The number of esters is 1. The van der Waals surface area contributed by atoms with Crippen LogP contribution in [-0.4, -0.2) is 18.0 Å². The summed E-state index contributed by atoms with van der Waals surface area (Å²) in [4.78, 5) is 21.0. The number of nitro groups is 1. The normalized spacial score (nSPS) is 11.2. The van der Waals surface area contributed by atoms with Gasteiger partial charge in [-0.1, -0.05) is 12.1 Å². The van der Waals surface area contributed by atoms with Crippen molar-refractivity contribution in [1.29, 1.82) is 0 Å². The highest BCUT2D eigenvalue weighted by molar-refractivity contribution is 5.85. The summed E-state index contributed by atoms with van der Waals surface area (Å²) in [5.74, 6) is -0.445. The van der Waals surface area contributed by atoms with Crippen LogP contribution in [0.15, 0.2) is 24.3 Å². The molecule has 0 amide bonds. The molecule has 0 aromatic heterocycles. The van der Waals surface area contributed by atoms with Gasteiger partial charge < -0.3 is 10.5 Å². The Bertz CT molecular complexity index is 411. The van der Waals surface area contributed by atoms with E-state index in [1.165, 1.54) is 25.3 Å². The average Bonchev–Trinajstić information content (AvgIpc) is 2.28. The van der Waals surface area contributed by atoms with Gasteiger partial charge in [-0.15, -0.1) is 12.4 Å². The Hall–Kier alpha value is -1.66. The third-order valence-corrected chi connectivity index (χ3v) is 2.12. The maximum Gasteiger partial charge on any atom is 0.307 e. The zero-order valence-corrected chi connectivity index (χ0v) is 9.98. The average molecular weight is 261 g/mol. The fourth-order valence-corrected chi connectivity index (χ4v) is 1.25. The molecule has 0 aliphatic rings. The lowest BCUT2D eigenvalue weighted by Gasteiger charge is -2.09. The van der Waals surface area contributed by atoms with E-state index < -0.39 is 16.9 Å². The number of carbonyl (C=O) groups is 1. The monoisotopic (exact) mass is 260 g/mol. The molecule has 17 heavy (non-hydrogen) atoms. The smallest absolute Gasteiger partial charge is 0.307 e. The summed E-state index contributed by atoms with van der Waals surface area (Å²) in [7, 11) is 1.27. The van der Waals surface area contributed by atoms with E-state index in [1.54, 1.807) is 6.07 Å². The van der Waals surface area contributed by atoms with Crippen molar-refractivity contribution in [2.75, 3.05) is 7.11 Å². The van der Waals surface area contributed by atoms with Crippen molar-refractivity contribution in [2.24, 2.45) is 5.73 Å². The standard InChI is InChI=1S/C10H12N2O4.ClH/c1-16-10(13)6-9(11)7-3-2-4-8(5-7)12(14)15;/h2-5,9H,6,11H2,1H3;1H. The Morgan fingerprint density at radius 2 is 2.24 bits per heavy atom. The van der Waals surface area contributed by atoms with Crippen molar-refractivity contribution in [1.82, 2.24) is 0 Å². The van der Waals surface area contributed by atoms with E-state index in [2.05, 4.69) is 4.74 Å². The molecule has 0 radical (unpaired) electrons. The van der Waals surface area contributed by atoms with Gasteiger partial charge >= 0.3 is 5.97 Å². The molecule has 1 aromatic rings. The summed E-state index contributed by atoms with van der Waals surface area (Å²) in [6, 6.07) is 5.31. The van der Waals surface area contributed by atoms with E-state index in [4.69, 9.17) is 5.73 Å². The molecule has 0 aliphatic carbocycles. The summed E-state index contributed by atoms with van der Waals surface area (Å²) in [5.41, 5.74) is 6.21. The number of benzene rings is 1. The molecule has 0 saturated heterocycles. The van der Waals surface area contributed by atoms with Crippen LogP contribution >= 0.6 is 12.4 Å². The summed E-state index contributed by atoms with van der Waals surface area (Å²) < 4.78 is 4.47. The fourth-order valence-electron chi connectivity index (χ4n) is 1.25. The van der Waals surface area contributed by atoms with E-state index in [1.807, 2.05) is 0 Å². The zero-order valence-electron chi connectivity index (χ0n) is 9.16. The molecule has 0 bridgehead atoms. The Labute approximate surface area is 104 Å². The lowest BCUT2D eigenvalue weighted by molar-refractivity contribution is -0.384. The molecular weight excluding hydrogens is 248 g/mol. The molecule has 2 N–H and O–H groups in total. The second kappa shape index (κ2) is 6.82. The number of hydrogen-bond donors (Lipinski definition) is 1. The third kappa shape index (κ3) is 4.38. The van der Waals surface area contributed by atoms with Gasteiger partial charge in [0.1, 0.15) is 0 Å². The van der Waals surface area contributed by atoms with E-state index in [9.17, 15) is 14.9 Å². The molecule has 1 rings (SSSR count). The Kier molecular flexibility index (Phi) is 6.16. The van der Waals surface area contributed by atoms with Crippen LogP contribution in [0.5, 0.6) is 0 Å². The maximum atomic E-state index is 11.0. The number of nitrogens with zero attached hydrogens (tertiary/aromatic N) is 1. The van der Waals surface area contributed by atoms with Crippen LogP contribution in [0.4, 0.5) is 5.69 Å². The van der Waals surface area contributed by atoms with Crippen molar-refractivity contribution in [2.45, 2.75) is 12.5 Å². The minimum atomic E-state index is -0.590. The first-order valence-corrected chi connectivity index (χ1v) is 4.61. The highest BCUT2D eigenvalue weighted by Crippen LogP contribution is 2.19. The summed E-state index contributed by atoms with van der Waals surface area (Å²) in [5, 5.41) is 10.5. The van der Waals surface area contributed by atoms with Gasteiger partial charge in [0.05, 0.1) is 18.5 Å². The molecular formula is C10H13ClN2O4. The largest absolute Gasteiger partial charge is 0.469 e. The van der Waals surface area contributed by atoms with Gasteiger partial charge in [-0.05, 0) is 5.56 Å². The third-order valence-electron chi connectivity index (χ3n) is 2.12. The molecule has 0 spiro atoms. The molecule has 1 aromatic carbocycles. The lowest BCUT2D eigenvalue weighted by atomic mass is 10.0. The van der Waals surface area contributed by atoms with Crippen LogP contribution in [0.3, 0.4) is 0 Å². The Balaban J connectivity index is 0.00000256. The summed E-state index contributed by atoms with van der Waals surface area (Å²) in [6.07, 6.45) is -0.00231. The van der Waals surface area contributed by atoms with Crippen LogP contribution < -0.4 is 5.73 Å². The van der Waals surface area contributed by atoms with Gasteiger partial charge in [0, 0.05) is 18.2 Å². The first-order chi connectivity index (χ1) is 7.54. The Morgan fingerprint density at radius 1 is 1.59 bits per heavy atom.